The molecule has 2 unspecified atom stereocenters. The smallest absolute Gasteiger partial charge is 0.109 e. The van der Waals surface area contributed by atoms with E-state index < -0.39 is 0 Å². The van der Waals surface area contributed by atoms with Gasteiger partial charge in [-0.05, 0) is 42.9 Å². The third-order valence-electron chi connectivity index (χ3n) is 4.02. The number of hydrogen-bond acceptors (Lipinski definition) is 2. The van der Waals surface area contributed by atoms with Gasteiger partial charge in [0.15, 0.2) is 0 Å². The van der Waals surface area contributed by atoms with E-state index in [2.05, 4.69) is 24.5 Å². The number of aromatic nitrogens is 2. The Balaban J connectivity index is 2.03. The second-order valence-corrected chi connectivity index (χ2v) is 5.61. The van der Waals surface area contributed by atoms with E-state index in [0.717, 1.165) is 42.4 Å². The first-order valence-electron chi connectivity index (χ1n) is 6.93. The van der Waals surface area contributed by atoms with Gasteiger partial charge in [-0.15, -0.1) is 0 Å². The summed E-state index contributed by atoms with van der Waals surface area (Å²) < 4.78 is 2.41. The lowest BCUT2D eigenvalue weighted by Gasteiger charge is -2.08. The fourth-order valence-electron chi connectivity index (χ4n) is 2.70. The molecule has 1 fully saturated rings. The largest absolute Gasteiger partial charge is 0.399 e. The molecule has 1 aromatic heterocycles. The molecule has 1 aliphatic carbocycles. The summed E-state index contributed by atoms with van der Waals surface area (Å²) in [5, 5.41) is 0. The van der Waals surface area contributed by atoms with Crippen LogP contribution in [-0.2, 0) is 13.0 Å². The van der Waals surface area contributed by atoms with Crippen molar-refractivity contribution in [3.8, 4) is 0 Å². The Labute approximate surface area is 108 Å². The molecule has 0 radical (unpaired) electrons. The highest BCUT2D eigenvalue weighted by Crippen LogP contribution is 2.40. The number of fused-ring (bicyclic) bond motifs is 1. The second kappa shape index (κ2) is 4.30. The highest BCUT2D eigenvalue weighted by Gasteiger charge is 2.33. The lowest BCUT2D eigenvalue weighted by Crippen LogP contribution is -2.06. The van der Waals surface area contributed by atoms with Crippen LogP contribution in [0, 0.1) is 11.8 Å². The molecule has 0 aliphatic heterocycles. The second-order valence-electron chi connectivity index (χ2n) is 5.61. The summed E-state index contributed by atoms with van der Waals surface area (Å²) in [6.45, 7) is 5.66. The van der Waals surface area contributed by atoms with Crippen molar-refractivity contribution in [2.75, 3.05) is 5.73 Å². The summed E-state index contributed by atoms with van der Waals surface area (Å²) in [5.74, 6) is 2.94. The molecule has 3 heteroatoms. The van der Waals surface area contributed by atoms with Crippen LogP contribution in [0.4, 0.5) is 5.69 Å². The molecule has 2 atom stereocenters. The van der Waals surface area contributed by atoms with Crippen molar-refractivity contribution in [3.05, 3.63) is 24.0 Å². The normalized spacial score (nSPS) is 22.6. The van der Waals surface area contributed by atoms with Gasteiger partial charge in [-0.1, -0.05) is 13.8 Å². The first-order valence-corrected chi connectivity index (χ1v) is 6.93. The zero-order valence-electron chi connectivity index (χ0n) is 11.2. The lowest BCUT2D eigenvalue weighted by atomic mass is 10.2. The number of rotatable bonds is 4. The monoisotopic (exact) mass is 243 g/mol. The van der Waals surface area contributed by atoms with Gasteiger partial charge in [0.1, 0.15) is 5.82 Å². The van der Waals surface area contributed by atoms with Crippen LogP contribution < -0.4 is 5.73 Å². The van der Waals surface area contributed by atoms with Gasteiger partial charge in [0.25, 0.3) is 0 Å². The Hall–Kier alpha value is -1.51. The van der Waals surface area contributed by atoms with E-state index >= 15 is 0 Å². The fraction of sp³-hybridized carbons (Fsp3) is 0.533. The highest BCUT2D eigenvalue weighted by molar-refractivity contribution is 5.79. The molecule has 3 rings (SSSR count). The third kappa shape index (κ3) is 1.98. The van der Waals surface area contributed by atoms with Crippen LogP contribution in [0.3, 0.4) is 0 Å². The Kier molecular flexibility index (Phi) is 2.77. The van der Waals surface area contributed by atoms with E-state index in [1.807, 2.05) is 12.1 Å². The van der Waals surface area contributed by atoms with Crippen LogP contribution in [0.5, 0.6) is 0 Å². The van der Waals surface area contributed by atoms with Crippen molar-refractivity contribution in [1.82, 2.24) is 9.55 Å². The highest BCUT2D eigenvalue weighted by atomic mass is 15.1. The minimum Gasteiger partial charge on any atom is -0.399 e. The zero-order valence-corrected chi connectivity index (χ0v) is 11.2. The maximum absolute atomic E-state index is 5.84. The Morgan fingerprint density at radius 2 is 2.22 bits per heavy atom. The number of benzene rings is 1. The van der Waals surface area contributed by atoms with Crippen LogP contribution in [-0.4, -0.2) is 9.55 Å². The van der Waals surface area contributed by atoms with Crippen LogP contribution in [0.2, 0.25) is 0 Å². The van der Waals surface area contributed by atoms with Crippen molar-refractivity contribution < 1.29 is 0 Å². The topological polar surface area (TPSA) is 43.8 Å². The number of imidazole rings is 1. The lowest BCUT2D eigenvalue weighted by molar-refractivity contribution is 0.578. The van der Waals surface area contributed by atoms with Crippen LogP contribution in [0.1, 0.15) is 32.5 Å². The molecule has 0 spiro atoms. The Morgan fingerprint density at radius 1 is 1.44 bits per heavy atom. The quantitative estimate of drug-likeness (QED) is 0.838. The summed E-state index contributed by atoms with van der Waals surface area (Å²) >= 11 is 0. The minimum absolute atomic E-state index is 0.801. The molecule has 2 aromatic rings. The summed E-state index contributed by atoms with van der Waals surface area (Å²) in [6, 6.07) is 6.08. The van der Waals surface area contributed by atoms with Crippen molar-refractivity contribution in [2.24, 2.45) is 11.8 Å². The first kappa shape index (κ1) is 11.6. The van der Waals surface area contributed by atoms with Gasteiger partial charge in [-0.25, -0.2) is 4.98 Å². The number of nitrogens with two attached hydrogens (primary N) is 1. The van der Waals surface area contributed by atoms with Gasteiger partial charge in [0.05, 0.1) is 11.0 Å². The van der Waals surface area contributed by atoms with E-state index in [-0.39, 0.29) is 0 Å². The van der Waals surface area contributed by atoms with E-state index in [0.29, 0.717) is 0 Å². The fourth-order valence-corrected chi connectivity index (χ4v) is 2.70. The Morgan fingerprint density at radius 3 is 2.89 bits per heavy atom. The van der Waals surface area contributed by atoms with Crippen molar-refractivity contribution in [2.45, 2.75) is 39.7 Å². The van der Waals surface area contributed by atoms with Gasteiger partial charge < -0.3 is 10.3 Å². The SMILES string of the molecule is CCCc1nc2cc(N)ccc2n1CC1CC1C. The molecule has 1 heterocycles. The number of nitrogen functional groups attached to an aromatic ring is 1. The minimum atomic E-state index is 0.801. The van der Waals surface area contributed by atoms with Crippen LogP contribution in [0.25, 0.3) is 11.0 Å². The molecule has 96 valence electrons. The predicted molar refractivity (Wildman–Crippen MR) is 75.4 cm³/mol. The summed E-state index contributed by atoms with van der Waals surface area (Å²) in [4.78, 5) is 4.75. The van der Waals surface area contributed by atoms with E-state index in [1.54, 1.807) is 0 Å². The number of hydrogen-bond donors (Lipinski definition) is 1. The standard InChI is InChI=1S/C15H21N3/c1-3-4-15-17-13-8-12(16)5-6-14(13)18(15)9-11-7-10(11)2/h5-6,8,10-11H,3-4,7,9,16H2,1-2H3. The predicted octanol–water partition coefficient (Wildman–Crippen LogP) is 3.23. The van der Waals surface area contributed by atoms with Gasteiger partial charge >= 0.3 is 0 Å². The third-order valence-corrected chi connectivity index (χ3v) is 4.02. The zero-order chi connectivity index (χ0) is 12.7. The molecule has 2 N–H and O–H groups in total. The first-order chi connectivity index (χ1) is 8.69. The average Bonchev–Trinajstić information content (AvgIpc) is 2.92. The van der Waals surface area contributed by atoms with Gasteiger partial charge in [0.2, 0.25) is 0 Å². The van der Waals surface area contributed by atoms with E-state index in [4.69, 9.17) is 10.7 Å². The number of nitrogens with zero attached hydrogens (tertiary/aromatic N) is 2. The summed E-state index contributed by atoms with van der Waals surface area (Å²) in [7, 11) is 0. The maximum atomic E-state index is 5.84. The molecule has 1 aliphatic rings. The van der Waals surface area contributed by atoms with Crippen LogP contribution >= 0.6 is 0 Å². The average molecular weight is 243 g/mol. The van der Waals surface area contributed by atoms with Crippen LogP contribution in [0.15, 0.2) is 18.2 Å². The summed E-state index contributed by atoms with van der Waals surface area (Å²) in [5.41, 5.74) is 8.93. The molecule has 0 saturated heterocycles. The summed E-state index contributed by atoms with van der Waals surface area (Å²) in [6.07, 6.45) is 3.55. The molecule has 1 saturated carbocycles. The number of aryl methyl sites for hydroxylation is 1. The van der Waals surface area contributed by atoms with Gasteiger partial charge in [-0.2, -0.15) is 0 Å². The molecular weight excluding hydrogens is 222 g/mol. The molecule has 3 nitrogen and oxygen atoms in total. The van der Waals surface area contributed by atoms with E-state index in [9.17, 15) is 0 Å². The van der Waals surface area contributed by atoms with Gasteiger partial charge in [0, 0.05) is 18.7 Å². The molecule has 1 aromatic carbocycles. The number of anilines is 1. The molecular formula is C15H21N3. The molecule has 0 amide bonds. The van der Waals surface area contributed by atoms with Gasteiger partial charge in [-0.3, -0.25) is 0 Å². The molecule has 0 bridgehead atoms. The van der Waals surface area contributed by atoms with Crippen molar-refractivity contribution >= 4 is 16.7 Å². The maximum Gasteiger partial charge on any atom is 0.109 e. The Bertz CT molecular complexity index is 570. The van der Waals surface area contributed by atoms with E-state index in [1.165, 1.54) is 17.8 Å². The van der Waals surface area contributed by atoms with Crippen molar-refractivity contribution in [3.63, 3.8) is 0 Å². The molecule has 18 heavy (non-hydrogen) atoms. The van der Waals surface area contributed by atoms with Crippen molar-refractivity contribution in [1.29, 1.82) is 0 Å².